The zero-order valence-corrected chi connectivity index (χ0v) is 15.9. The van der Waals surface area contributed by atoms with Crippen molar-refractivity contribution in [2.24, 2.45) is 0 Å². The smallest absolute Gasteiger partial charge is 0.252 e. The number of carbonyl (C=O) groups is 2. The van der Waals surface area contributed by atoms with Crippen molar-refractivity contribution >= 4 is 34.4 Å². The van der Waals surface area contributed by atoms with Crippen molar-refractivity contribution in [3.8, 4) is 0 Å². The van der Waals surface area contributed by atoms with Crippen LogP contribution in [0.2, 0.25) is 0 Å². The van der Waals surface area contributed by atoms with Gasteiger partial charge in [-0.1, -0.05) is 59.8 Å². The quantitative estimate of drug-likeness (QED) is 0.511. The van der Waals surface area contributed by atoms with E-state index in [0.29, 0.717) is 22.2 Å². The zero-order valence-electron chi connectivity index (χ0n) is 15.1. The number of hydrogen-bond donors (Lipinski definition) is 1. The molecular weight excluding hydrogens is 356 g/mol. The first-order valence-electron chi connectivity index (χ1n) is 9.03. The maximum absolute atomic E-state index is 12.6. The van der Waals surface area contributed by atoms with Gasteiger partial charge in [-0.3, -0.25) is 9.59 Å². The minimum Gasteiger partial charge on any atom is -0.349 e. The number of Topliss-reactive ketones (excluding diaryl/α,β-unsaturated/α-hetero) is 1. The SMILES string of the molecule is Cc1ccc(C(=O)CSc2cc(C(=O)NC3CC3)c3ccccc3n2)cc1. The second-order valence-corrected chi connectivity index (χ2v) is 7.85. The molecule has 4 rings (SSSR count). The fraction of sp³-hybridized carbons (Fsp3) is 0.227. The summed E-state index contributed by atoms with van der Waals surface area (Å²) in [5.41, 5.74) is 3.21. The number of ketones is 1. The van der Waals surface area contributed by atoms with Gasteiger partial charge in [0.05, 0.1) is 21.9 Å². The summed E-state index contributed by atoms with van der Waals surface area (Å²) in [5.74, 6) is 0.278. The maximum Gasteiger partial charge on any atom is 0.252 e. The van der Waals surface area contributed by atoms with E-state index in [2.05, 4.69) is 10.3 Å². The van der Waals surface area contributed by atoms with Gasteiger partial charge in [-0.15, -0.1) is 0 Å². The molecule has 136 valence electrons. The second-order valence-electron chi connectivity index (χ2n) is 6.85. The van der Waals surface area contributed by atoms with Crippen LogP contribution in [0.1, 0.15) is 39.1 Å². The summed E-state index contributed by atoms with van der Waals surface area (Å²) in [7, 11) is 0. The lowest BCUT2D eigenvalue weighted by molar-refractivity contribution is 0.0951. The van der Waals surface area contributed by atoms with Gasteiger partial charge in [-0.05, 0) is 31.9 Å². The molecule has 1 aromatic heterocycles. The van der Waals surface area contributed by atoms with Crippen LogP contribution < -0.4 is 5.32 Å². The Labute approximate surface area is 162 Å². The Kier molecular flexibility index (Phi) is 4.94. The fourth-order valence-corrected chi connectivity index (χ4v) is 3.68. The number of rotatable bonds is 6. The topological polar surface area (TPSA) is 59.1 Å². The van der Waals surface area contributed by atoms with Gasteiger partial charge in [0.1, 0.15) is 0 Å². The van der Waals surface area contributed by atoms with E-state index < -0.39 is 0 Å². The highest BCUT2D eigenvalue weighted by Gasteiger charge is 2.25. The molecule has 1 aliphatic carbocycles. The van der Waals surface area contributed by atoms with Crippen molar-refractivity contribution in [1.29, 1.82) is 0 Å². The largest absolute Gasteiger partial charge is 0.349 e. The zero-order chi connectivity index (χ0) is 18.8. The highest BCUT2D eigenvalue weighted by molar-refractivity contribution is 7.99. The van der Waals surface area contributed by atoms with Crippen LogP contribution >= 0.6 is 11.8 Å². The Balaban J connectivity index is 1.56. The van der Waals surface area contributed by atoms with Crippen LogP contribution in [0.25, 0.3) is 10.9 Å². The first kappa shape index (κ1) is 17.7. The van der Waals surface area contributed by atoms with Gasteiger partial charge in [0.2, 0.25) is 0 Å². The Bertz CT molecular complexity index is 1010. The summed E-state index contributed by atoms with van der Waals surface area (Å²) in [4.78, 5) is 29.7. The molecule has 1 N–H and O–H groups in total. The number of fused-ring (bicyclic) bond motifs is 1. The van der Waals surface area contributed by atoms with Crippen LogP contribution in [0.3, 0.4) is 0 Å². The Hall–Kier alpha value is -2.66. The van der Waals surface area contributed by atoms with E-state index in [1.807, 2.05) is 55.5 Å². The number of pyridine rings is 1. The number of nitrogens with zero attached hydrogens (tertiary/aromatic N) is 1. The third-order valence-corrected chi connectivity index (χ3v) is 5.49. The van der Waals surface area contributed by atoms with Crippen molar-refractivity contribution < 1.29 is 9.59 Å². The van der Waals surface area contributed by atoms with Gasteiger partial charge in [0.15, 0.2) is 5.78 Å². The summed E-state index contributed by atoms with van der Waals surface area (Å²) < 4.78 is 0. The van der Waals surface area contributed by atoms with Crippen molar-refractivity contribution in [1.82, 2.24) is 10.3 Å². The van der Waals surface area contributed by atoms with Crippen LogP contribution in [0.15, 0.2) is 59.6 Å². The molecule has 0 radical (unpaired) electrons. The minimum absolute atomic E-state index is 0.0546. The van der Waals surface area contributed by atoms with Crippen molar-refractivity contribution in [3.63, 3.8) is 0 Å². The first-order chi connectivity index (χ1) is 13.1. The van der Waals surface area contributed by atoms with Gasteiger partial charge < -0.3 is 5.32 Å². The third-order valence-electron chi connectivity index (χ3n) is 4.57. The second kappa shape index (κ2) is 7.53. The number of para-hydroxylation sites is 1. The molecule has 1 amide bonds. The van der Waals surface area contributed by atoms with E-state index in [1.165, 1.54) is 11.8 Å². The molecule has 1 aliphatic rings. The van der Waals surface area contributed by atoms with Crippen molar-refractivity contribution in [2.45, 2.75) is 30.8 Å². The lowest BCUT2D eigenvalue weighted by Crippen LogP contribution is -2.25. The average molecular weight is 376 g/mol. The minimum atomic E-state index is -0.0668. The van der Waals surface area contributed by atoms with E-state index in [0.717, 1.165) is 29.3 Å². The molecule has 0 aliphatic heterocycles. The van der Waals surface area contributed by atoms with E-state index in [9.17, 15) is 9.59 Å². The number of carbonyl (C=O) groups excluding carboxylic acids is 2. The summed E-state index contributed by atoms with van der Waals surface area (Å²) in [6.07, 6.45) is 2.09. The van der Waals surface area contributed by atoms with E-state index >= 15 is 0 Å². The Morgan fingerprint density at radius 2 is 1.85 bits per heavy atom. The molecule has 4 nitrogen and oxygen atoms in total. The molecule has 0 saturated heterocycles. The van der Waals surface area contributed by atoms with Gasteiger partial charge in [0, 0.05) is 17.0 Å². The van der Waals surface area contributed by atoms with Gasteiger partial charge in [0.25, 0.3) is 5.91 Å². The average Bonchev–Trinajstić information content (AvgIpc) is 3.50. The molecular formula is C22H20N2O2S. The molecule has 1 fully saturated rings. The molecule has 0 unspecified atom stereocenters. The number of nitrogens with one attached hydrogen (secondary N) is 1. The number of amides is 1. The fourth-order valence-electron chi connectivity index (χ4n) is 2.87. The highest BCUT2D eigenvalue weighted by atomic mass is 32.2. The lowest BCUT2D eigenvalue weighted by atomic mass is 10.1. The molecule has 0 atom stereocenters. The van der Waals surface area contributed by atoms with Crippen LogP contribution in [-0.4, -0.2) is 28.5 Å². The van der Waals surface area contributed by atoms with Crippen LogP contribution in [-0.2, 0) is 0 Å². The number of hydrogen-bond acceptors (Lipinski definition) is 4. The van der Waals surface area contributed by atoms with E-state index in [1.54, 1.807) is 6.07 Å². The maximum atomic E-state index is 12.6. The van der Waals surface area contributed by atoms with Gasteiger partial charge in [-0.25, -0.2) is 4.98 Å². The Morgan fingerprint density at radius 3 is 2.59 bits per heavy atom. The summed E-state index contributed by atoms with van der Waals surface area (Å²) in [6.45, 7) is 2.00. The van der Waals surface area contributed by atoms with Gasteiger partial charge in [-0.2, -0.15) is 0 Å². The molecule has 2 aromatic carbocycles. The molecule has 0 spiro atoms. The van der Waals surface area contributed by atoms with Gasteiger partial charge >= 0.3 is 0 Å². The van der Waals surface area contributed by atoms with E-state index in [4.69, 9.17) is 0 Å². The van der Waals surface area contributed by atoms with Crippen LogP contribution in [0.5, 0.6) is 0 Å². The predicted octanol–water partition coefficient (Wildman–Crippen LogP) is 4.41. The summed E-state index contributed by atoms with van der Waals surface area (Å²) in [6, 6.07) is 17.3. The lowest BCUT2D eigenvalue weighted by Gasteiger charge is -2.10. The molecule has 1 saturated carbocycles. The normalized spacial score (nSPS) is 13.5. The molecule has 1 heterocycles. The summed E-state index contributed by atoms with van der Waals surface area (Å²) >= 11 is 1.37. The predicted molar refractivity (Wildman–Crippen MR) is 108 cm³/mol. The Morgan fingerprint density at radius 1 is 1.11 bits per heavy atom. The number of aromatic nitrogens is 1. The molecule has 27 heavy (non-hydrogen) atoms. The number of aryl methyl sites for hydroxylation is 1. The van der Waals surface area contributed by atoms with Crippen molar-refractivity contribution in [3.05, 3.63) is 71.3 Å². The third kappa shape index (κ3) is 4.19. The number of thioether (sulfide) groups is 1. The van der Waals surface area contributed by atoms with Crippen molar-refractivity contribution in [2.75, 3.05) is 5.75 Å². The first-order valence-corrected chi connectivity index (χ1v) is 10.0. The molecule has 5 heteroatoms. The monoisotopic (exact) mass is 376 g/mol. The summed E-state index contributed by atoms with van der Waals surface area (Å²) in [5, 5.41) is 4.57. The van der Waals surface area contributed by atoms with E-state index in [-0.39, 0.29) is 17.4 Å². The number of benzene rings is 2. The molecule has 0 bridgehead atoms. The highest BCUT2D eigenvalue weighted by Crippen LogP contribution is 2.26. The standard InChI is InChI=1S/C22H20N2O2S/c1-14-6-8-15(9-7-14)20(25)13-27-21-12-18(22(26)23-16-10-11-16)17-4-2-3-5-19(17)24-21/h2-9,12,16H,10-11,13H2,1H3,(H,23,26). The van der Waals surface area contributed by atoms with Crippen LogP contribution in [0.4, 0.5) is 0 Å². The van der Waals surface area contributed by atoms with Crippen LogP contribution in [0, 0.1) is 6.92 Å². The molecule has 3 aromatic rings.